The lowest BCUT2D eigenvalue weighted by molar-refractivity contribution is -0.121. The summed E-state index contributed by atoms with van der Waals surface area (Å²) in [5.74, 6) is 0.108. The molecule has 0 saturated carbocycles. The average Bonchev–Trinajstić information content (AvgIpc) is 2.33. The average molecular weight is 250 g/mol. The van der Waals surface area contributed by atoms with Crippen LogP contribution in [0.2, 0.25) is 0 Å². The molecule has 4 heteroatoms. The van der Waals surface area contributed by atoms with Crippen LogP contribution in [-0.2, 0) is 11.2 Å². The van der Waals surface area contributed by atoms with Gasteiger partial charge in [-0.2, -0.15) is 0 Å². The third kappa shape index (κ3) is 5.19. The van der Waals surface area contributed by atoms with Crippen LogP contribution in [0.5, 0.6) is 0 Å². The van der Waals surface area contributed by atoms with Gasteiger partial charge in [-0.3, -0.25) is 4.79 Å². The molecular formula is C14H22N2O2. The molecule has 0 aromatic heterocycles. The van der Waals surface area contributed by atoms with E-state index >= 15 is 0 Å². The fourth-order valence-corrected chi connectivity index (χ4v) is 1.55. The van der Waals surface area contributed by atoms with Crippen LogP contribution in [0.4, 0.5) is 5.69 Å². The van der Waals surface area contributed by atoms with Crippen molar-refractivity contribution in [2.24, 2.45) is 5.92 Å². The third-order valence-electron chi connectivity index (χ3n) is 2.87. The summed E-state index contributed by atoms with van der Waals surface area (Å²) in [5, 5.41) is 12.3. The van der Waals surface area contributed by atoms with Crippen LogP contribution in [0.3, 0.4) is 0 Å². The zero-order valence-electron chi connectivity index (χ0n) is 11.0. The molecule has 1 amide bonds. The van der Waals surface area contributed by atoms with Gasteiger partial charge in [0.25, 0.3) is 0 Å². The molecule has 0 saturated heterocycles. The van der Waals surface area contributed by atoms with E-state index in [4.69, 9.17) is 5.73 Å². The van der Waals surface area contributed by atoms with Crippen molar-refractivity contribution in [1.29, 1.82) is 0 Å². The molecule has 0 aliphatic carbocycles. The number of amides is 1. The number of carbonyl (C=O) groups is 1. The van der Waals surface area contributed by atoms with Gasteiger partial charge in [0.1, 0.15) is 0 Å². The van der Waals surface area contributed by atoms with Crippen molar-refractivity contribution in [3.8, 4) is 0 Å². The van der Waals surface area contributed by atoms with E-state index in [9.17, 15) is 9.90 Å². The molecule has 4 nitrogen and oxygen atoms in total. The number of aryl methyl sites for hydroxylation is 1. The Morgan fingerprint density at radius 2 is 2.17 bits per heavy atom. The summed E-state index contributed by atoms with van der Waals surface area (Å²) < 4.78 is 0. The summed E-state index contributed by atoms with van der Waals surface area (Å²) in [7, 11) is 0. The van der Waals surface area contributed by atoms with E-state index in [0.717, 1.165) is 5.56 Å². The van der Waals surface area contributed by atoms with Crippen molar-refractivity contribution in [2.45, 2.75) is 32.8 Å². The van der Waals surface area contributed by atoms with Crippen LogP contribution in [0.15, 0.2) is 24.3 Å². The second kappa shape index (κ2) is 7.01. The topological polar surface area (TPSA) is 75.3 Å². The van der Waals surface area contributed by atoms with Crippen LogP contribution in [-0.4, -0.2) is 23.7 Å². The van der Waals surface area contributed by atoms with Crippen molar-refractivity contribution in [3.05, 3.63) is 29.8 Å². The van der Waals surface area contributed by atoms with Gasteiger partial charge in [0.2, 0.25) is 5.91 Å². The first-order valence-electron chi connectivity index (χ1n) is 6.28. The number of aliphatic hydroxyl groups is 1. The molecule has 0 bridgehead atoms. The summed E-state index contributed by atoms with van der Waals surface area (Å²) in [6.45, 7) is 4.15. The van der Waals surface area contributed by atoms with Crippen LogP contribution in [0.1, 0.15) is 25.8 Å². The Morgan fingerprint density at radius 3 is 2.78 bits per heavy atom. The van der Waals surface area contributed by atoms with Gasteiger partial charge in [0, 0.05) is 18.7 Å². The number of aliphatic hydroxyl groups excluding tert-OH is 1. The Bertz CT molecular complexity index is 391. The van der Waals surface area contributed by atoms with E-state index in [1.54, 1.807) is 0 Å². The molecule has 1 aromatic carbocycles. The summed E-state index contributed by atoms with van der Waals surface area (Å²) in [4.78, 5) is 11.6. The molecule has 0 radical (unpaired) electrons. The summed E-state index contributed by atoms with van der Waals surface area (Å²) in [6.07, 6.45) is 0.587. The highest BCUT2D eigenvalue weighted by Gasteiger charge is 2.10. The molecule has 0 aliphatic rings. The predicted octanol–water partition coefficient (Wildman–Crippen LogP) is 1.33. The van der Waals surface area contributed by atoms with Crippen LogP contribution >= 0.6 is 0 Å². The van der Waals surface area contributed by atoms with Gasteiger partial charge in [-0.25, -0.2) is 0 Å². The van der Waals surface area contributed by atoms with Crippen LogP contribution in [0.25, 0.3) is 0 Å². The molecule has 0 spiro atoms. The zero-order valence-corrected chi connectivity index (χ0v) is 11.0. The number of hydrogen-bond acceptors (Lipinski definition) is 3. The molecule has 100 valence electrons. The van der Waals surface area contributed by atoms with Gasteiger partial charge in [-0.05, 0) is 30.0 Å². The Kier molecular flexibility index (Phi) is 5.65. The van der Waals surface area contributed by atoms with E-state index in [2.05, 4.69) is 5.32 Å². The fraction of sp³-hybridized carbons (Fsp3) is 0.500. The number of rotatable bonds is 6. The van der Waals surface area contributed by atoms with Gasteiger partial charge in [-0.15, -0.1) is 0 Å². The molecule has 4 N–H and O–H groups in total. The molecule has 1 atom stereocenters. The first-order chi connectivity index (χ1) is 8.49. The maximum absolute atomic E-state index is 11.6. The second-order valence-corrected chi connectivity index (χ2v) is 4.86. The van der Waals surface area contributed by atoms with Gasteiger partial charge >= 0.3 is 0 Å². The lowest BCUT2D eigenvalue weighted by Gasteiger charge is -2.15. The SMILES string of the molecule is CC(C)C(O)CNC(=O)CCc1cccc(N)c1. The maximum Gasteiger partial charge on any atom is 0.220 e. The Morgan fingerprint density at radius 1 is 1.44 bits per heavy atom. The van der Waals surface area contributed by atoms with Crippen molar-refractivity contribution in [2.75, 3.05) is 12.3 Å². The molecule has 0 heterocycles. The maximum atomic E-state index is 11.6. The van der Waals surface area contributed by atoms with Crippen LogP contribution in [0, 0.1) is 5.92 Å². The first kappa shape index (κ1) is 14.5. The quantitative estimate of drug-likeness (QED) is 0.667. The number of hydrogen-bond donors (Lipinski definition) is 3. The minimum Gasteiger partial charge on any atom is -0.399 e. The second-order valence-electron chi connectivity index (χ2n) is 4.86. The summed E-state index contributed by atoms with van der Waals surface area (Å²) in [6, 6.07) is 7.52. The Hall–Kier alpha value is -1.55. The van der Waals surface area contributed by atoms with Crippen LogP contribution < -0.4 is 11.1 Å². The highest BCUT2D eigenvalue weighted by atomic mass is 16.3. The van der Waals surface area contributed by atoms with Gasteiger partial charge in [-0.1, -0.05) is 26.0 Å². The number of benzene rings is 1. The number of anilines is 1. The standard InChI is InChI=1S/C14H22N2O2/c1-10(2)13(17)9-16-14(18)7-6-11-4-3-5-12(15)8-11/h3-5,8,10,13,17H,6-7,9,15H2,1-2H3,(H,16,18). The lowest BCUT2D eigenvalue weighted by atomic mass is 10.1. The highest BCUT2D eigenvalue weighted by molar-refractivity contribution is 5.76. The minimum absolute atomic E-state index is 0.0443. The monoisotopic (exact) mass is 250 g/mol. The molecule has 0 aliphatic heterocycles. The van der Waals surface area contributed by atoms with E-state index in [-0.39, 0.29) is 11.8 Å². The predicted molar refractivity (Wildman–Crippen MR) is 73.0 cm³/mol. The fourth-order valence-electron chi connectivity index (χ4n) is 1.55. The van der Waals surface area contributed by atoms with Gasteiger partial charge in [0.05, 0.1) is 6.10 Å². The van der Waals surface area contributed by atoms with E-state index in [0.29, 0.717) is 25.1 Å². The van der Waals surface area contributed by atoms with E-state index in [1.165, 1.54) is 0 Å². The van der Waals surface area contributed by atoms with Gasteiger partial charge in [0.15, 0.2) is 0 Å². The summed E-state index contributed by atoms with van der Waals surface area (Å²) >= 11 is 0. The minimum atomic E-state index is -0.485. The number of carbonyl (C=O) groups excluding carboxylic acids is 1. The zero-order chi connectivity index (χ0) is 13.5. The lowest BCUT2D eigenvalue weighted by Crippen LogP contribution is -2.34. The molecule has 0 fully saturated rings. The van der Waals surface area contributed by atoms with Crippen molar-refractivity contribution in [3.63, 3.8) is 0 Å². The Labute approximate surface area is 108 Å². The highest BCUT2D eigenvalue weighted by Crippen LogP contribution is 2.08. The molecular weight excluding hydrogens is 228 g/mol. The Balaban J connectivity index is 2.29. The molecule has 1 rings (SSSR count). The summed E-state index contributed by atoms with van der Waals surface area (Å²) in [5.41, 5.74) is 7.42. The van der Waals surface area contributed by atoms with Gasteiger partial charge < -0.3 is 16.2 Å². The normalized spacial score (nSPS) is 12.4. The number of nitrogens with two attached hydrogens (primary N) is 1. The van der Waals surface area contributed by atoms with Crippen molar-refractivity contribution in [1.82, 2.24) is 5.32 Å². The smallest absolute Gasteiger partial charge is 0.220 e. The largest absolute Gasteiger partial charge is 0.399 e. The molecule has 1 unspecified atom stereocenters. The first-order valence-corrected chi connectivity index (χ1v) is 6.28. The molecule has 1 aromatic rings. The van der Waals surface area contributed by atoms with Crippen molar-refractivity contribution >= 4 is 11.6 Å². The number of nitrogens with one attached hydrogen (secondary N) is 1. The molecule has 18 heavy (non-hydrogen) atoms. The number of nitrogen functional groups attached to an aromatic ring is 1. The van der Waals surface area contributed by atoms with E-state index in [1.807, 2.05) is 38.1 Å². The third-order valence-corrected chi connectivity index (χ3v) is 2.87. The van der Waals surface area contributed by atoms with Crippen molar-refractivity contribution < 1.29 is 9.90 Å². The van der Waals surface area contributed by atoms with E-state index < -0.39 is 6.10 Å².